The van der Waals surface area contributed by atoms with Gasteiger partial charge in [0.15, 0.2) is 0 Å². The summed E-state index contributed by atoms with van der Waals surface area (Å²) in [7, 11) is 4.89. The lowest BCUT2D eigenvalue weighted by Gasteiger charge is -2.11. The molecule has 8 heteroatoms. The molecule has 5 nitrogen and oxygen atoms in total. The van der Waals surface area contributed by atoms with E-state index in [1.165, 1.54) is 23.1 Å². The third-order valence-corrected chi connectivity index (χ3v) is 4.45. The van der Waals surface area contributed by atoms with E-state index in [1.807, 2.05) is 0 Å². The number of hydrogen-bond acceptors (Lipinski definition) is 4. The molecule has 0 aromatic heterocycles. The normalized spacial score (nSPS) is 11.2. The van der Waals surface area contributed by atoms with Crippen LogP contribution < -0.4 is 4.74 Å². The van der Waals surface area contributed by atoms with E-state index in [4.69, 9.17) is 15.4 Å². The van der Waals surface area contributed by atoms with E-state index in [9.17, 15) is 13.2 Å². The van der Waals surface area contributed by atoms with E-state index in [2.05, 4.69) is 15.9 Å². The molecule has 1 amide bonds. The van der Waals surface area contributed by atoms with Crippen LogP contribution in [0.1, 0.15) is 12.8 Å². The van der Waals surface area contributed by atoms with Crippen molar-refractivity contribution in [1.82, 2.24) is 4.90 Å². The molecule has 0 fully saturated rings. The molecule has 1 aromatic rings. The summed E-state index contributed by atoms with van der Waals surface area (Å²) < 4.78 is 28.3. The summed E-state index contributed by atoms with van der Waals surface area (Å²) >= 11 is 3.22. The Morgan fingerprint density at radius 1 is 1.40 bits per heavy atom. The maximum absolute atomic E-state index is 11.4. The molecule has 1 rings (SSSR count). The fraction of sp³-hybridized carbons (Fsp3) is 0.417. The minimum Gasteiger partial charge on any atom is -0.492 e. The summed E-state index contributed by atoms with van der Waals surface area (Å²) in [6, 6.07) is 4.27. The first-order valence-electron chi connectivity index (χ1n) is 5.79. The summed E-state index contributed by atoms with van der Waals surface area (Å²) in [5.74, 6) is 0.544. The number of carbonyl (C=O) groups excluding carboxylic acids is 1. The van der Waals surface area contributed by atoms with Crippen LogP contribution in [0.15, 0.2) is 27.6 Å². The van der Waals surface area contributed by atoms with E-state index in [1.54, 1.807) is 14.1 Å². The summed E-state index contributed by atoms with van der Waals surface area (Å²) in [4.78, 5) is 12.9. The van der Waals surface area contributed by atoms with Crippen LogP contribution >= 0.6 is 26.6 Å². The Kier molecular flexibility index (Phi) is 6.29. The van der Waals surface area contributed by atoms with Crippen molar-refractivity contribution in [3.8, 4) is 5.75 Å². The van der Waals surface area contributed by atoms with Gasteiger partial charge in [-0.2, -0.15) is 0 Å². The number of ether oxygens (including phenoxy) is 1. The summed E-state index contributed by atoms with van der Waals surface area (Å²) in [5.41, 5.74) is 0. The van der Waals surface area contributed by atoms with Crippen molar-refractivity contribution >= 4 is 41.6 Å². The van der Waals surface area contributed by atoms with Gasteiger partial charge in [-0.1, -0.05) is 0 Å². The Labute approximate surface area is 131 Å². The van der Waals surface area contributed by atoms with Crippen molar-refractivity contribution in [3.63, 3.8) is 0 Å². The van der Waals surface area contributed by atoms with Crippen LogP contribution in [0.4, 0.5) is 0 Å². The second-order valence-corrected chi connectivity index (χ2v) is 7.69. The largest absolute Gasteiger partial charge is 0.492 e. The lowest BCUT2D eigenvalue weighted by molar-refractivity contribution is -0.128. The summed E-state index contributed by atoms with van der Waals surface area (Å²) in [5, 5.41) is 0. The van der Waals surface area contributed by atoms with Crippen molar-refractivity contribution in [2.24, 2.45) is 0 Å². The van der Waals surface area contributed by atoms with Crippen molar-refractivity contribution in [2.45, 2.75) is 17.7 Å². The third-order valence-electron chi connectivity index (χ3n) is 2.48. The predicted octanol–water partition coefficient (Wildman–Crippen LogP) is 2.62. The molecule has 0 radical (unpaired) electrons. The van der Waals surface area contributed by atoms with Crippen molar-refractivity contribution in [1.29, 1.82) is 0 Å². The summed E-state index contributed by atoms with van der Waals surface area (Å²) in [6.45, 7) is 0.366. The third kappa shape index (κ3) is 5.30. The highest BCUT2D eigenvalue weighted by molar-refractivity contribution is 9.10. The van der Waals surface area contributed by atoms with E-state index in [0.717, 1.165) is 0 Å². The van der Waals surface area contributed by atoms with Crippen LogP contribution in [0.25, 0.3) is 0 Å². The number of benzene rings is 1. The summed E-state index contributed by atoms with van der Waals surface area (Å²) in [6.07, 6.45) is 0.984. The number of amides is 1. The van der Waals surface area contributed by atoms with Gasteiger partial charge in [-0.3, -0.25) is 4.79 Å². The molecule has 20 heavy (non-hydrogen) atoms. The topological polar surface area (TPSA) is 63.7 Å². The number of nitrogens with zero attached hydrogens (tertiary/aromatic N) is 1. The van der Waals surface area contributed by atoms with Crippen LogP contribution in [0.5, 0.6) is 5.75 Å². The SMILES string of the molecule is CN(C)C(=O)CCCOc1ccc(S(=O)(=O)Cl)cc1Br. The van der Waals surface area contributed by atoms with Crippen molar-refractivity contribution in [3.05, 3.63) is 22.7 Å². The monoisotopic (exact) mass is 383 g/mol. The zero-order valence-electron chi connectivity index (χ0n) is 11.1. The van der Waals surface area contributed by atoms with Crippen LogP contribution in [0, 0.1) is 0 Å². The van der Waals surface area contributed by atoms with E-state index in [0.29, 0.717) is 29.7 Å². The van der Waals surface area contributed by atoms with Gasteiger partial charge in [0.2, 0.25) is 5.91 Å². The van der Waals surface area contributed by atoms with Crippen LogP contribution in [-0.2, 0) is 13.8 Å². The molecule has 112 valence electrons. The Bertz CT molecular complexity index is 589. The zero-order valence-corrected chi connectivity index (χ0v) is 14.3. The Morgan fingerprint density at radius 3 is 2.55 bits per heavy atom. The lowest BCUT2D eigenvalue weighted by atomic mass is 10.3. The molecule has 0 N–H and O–H groups in total. The molecule has 0 heterocycles. The van der Waals surface area contributed by atoms with Gasteiger partial charge >= 0.3 is 0 Å². The average molecular weight is 385 g/mol. The molecule has 0 unspecified atom stereocenters. The van der Waals surface area contributed by atoms with Gasteiger partial charge in [0.25, 0.3) is 9.05 Å². The first kappa shape index (κ1) is 17.3. The minimum absolute atomic E-state index is 0.00109. The fourth-order valence-corrected chi connectivity index (χ4v) is 2.80. The second kappa shape index (κ2) is 7.28. The van der Waals surface area contributed by atoms with Gasteiger partial charge in [-0.15, -0.1) is 0 Å². The second-order valence-electron chi connectivity index (χ2n) is 4.27. The Hall–Kier alpha value is -0.790. The van der Waals surface area contributed by atoms with Crippen LogP contribution in [0.2, 0.25) is 0 Å². The molecule has 0 saturated heterocycles. The lowest BCUT2D eigenvalue weighted by Crippen LogP contribution is -2.21. The van der Waals surface area contributed by atoms with Crippen molar-refractivity contribution < 1.29 is 17.9 Å². The van der Waals surface area contributed by atoms with Crippen LogP contribution in [0.3, 0.4) is 0 Å². The van der Waals surface area contributed by atoms with Gasteiger partial charge in [0, 0.05) is 31.2 Å². The zero-order chi connectivity index (χ0) is 15.3. The van der Waals surface area contributed by atoms with E-state index >= 15 is 0 Å². The highest BCUT2D eigenvalue weighted by Gasteiger charge is 2.12. The Balaban J connectivity index is 2.56. The molecule has 1 aromatic carbocycles. The van der Waals surface area contributed by atoms with E-state index < -0.39 is 9.05 Å². The fourth-order valence-electron chi connectivity index (χ4n) is 1.38. The molecular weight excluding hydrogens is 370 g/mol. The highest BCUT2D eigenvalue weighted by Crippen LogP contribution is 2.29. The quantitative estimate of drug-likeness (QED) is 0.559. The average Bonchev–Trinajstić information content (AvgIpc) is 2.34. The van der Waals surface area contributed by atoms with Gasteiger partial charge in [0.1, 0.15) is 5.75 Å². The molecule has 0 bridgehead atoms. The van der Waals surface area contributed by atoms with Gasteiger partial charge in [-0.05, 0) is 40.5 Å². The maximum atomic E-state index is 11.4. The smallest absolute Gasteiger partial charge is 0.261 e. The number of carbonyl (C=O) groups is 1. The van der Waals surface area contributed by atoms with Crippen molar-refractivity contribution in [2.75, 3.05) is 20.7 Å². The number of halogens is 2. The first-order valence-corrected chi connectivity index (χ1v) is 8.89. The Morgan fingerprint density at radius 2 is 2.05 bits per heavy atom. The number of rotatable bonds is 6. The minimum atomic E-state index is -3.75. The standard InChI is InChI=1S/C12H15BrClNO4S/c1-15(2)12(16)4-3-7-19-11-6-5-9(8-10(11)13)20(14,17)18/h5-6,8H,3-4,7H2,1-2H3. The van der Waals surface area contributed by atoms with Gasteiger partial charge in [0.05, 0.1) is 16.0 Å². The van der Waals surface area contributed by atoms with Gasteiger partial charge < -0.3 is 9.64 Å². The maximum Gasteiger partial charge on any atom is 0.261 e. The molecule has 0 atom stereocenters. The molecule has 0 aliphatic rings. The predicted molar refractivity (Wildman–Crippen MR) is 80.6 cm³/mol. The van der Waals surface area contributed by atoms with E-state index in [-0.39, 0.29) is 10.8 Å². The molecule has 0 saturated carbocycles. The van der Waals surface area contributed by atoms with Crippen LogP contribution in [-0.4, -0.2) is 39.9 Å². The molecule has 0 aliphatic carbocycles. The highest BCUT2D eigenvalue weighted by atomic mass is 79.9. The first-order chi connectivity index (χ1) is 9.21. The number of hydrogen-bond donors (Lipinski definition) is 0. The molecule has 0 aliphatic heterocycles. The molecular formula is C12H15BrClNO4S. The van der Waals surface area contributed by atoms with Gasteiger partial charge in [-0.25, -0.2) is 8.42 Å². The molecule has 0 spiro atoms.